The minimum Gasteiger partial charge on any atom is -0.313 e. The molecule has 1 N–H and O–H groups in total. The summed E-state index contributed by atoms with van der Waals surface area (Å²) in [5.74, 6) is 0.636. The number of rotatable bonds is 6. The van der Waals surface area contributed by atoms with Gasteiger partial charge < -0.3 is 5.32 Å². The van der Waals surface area contributed by atoms with Crippen LogP contribution in [0.25, 0.3) is 0 Å². The standard InChI is InChI=1S/C12H26N2O2S/c1-4-14(9-11(2)3)17(15,16)10-12-7-5-6-8-13-12/h11-13H,4-10H2,1-3H3. The van der Waals surface area contributed by atoms with Crippen molar-refractivity contribution >= 4 is 10.0 Å². The van der Waals surface area contributed by atoms with Crippen molar-refractivity contribution in [3.63, 3.8) is 0 Å². The van der Waals surface area contributed by atoms with Gasteiger partial charge in [0.05, 0.1) is 5.75 Å². The number of hydrogen-bond donors (Lipinski definition) is 1. The van der Waals surface area contributed by atoms with E-state index >= 15 is 0 Å². The quantitative estimate of drug-likeness (QED) is 0.788. The van der Waals surface area contributed by atoms with Crippen LogP contribution in [0.15, 0.2) is 0 Å². The van der Waals surface area contributed by atoms with Gasteiger partial charge in [-0.15, -0.1) is 0 Å². The average Bonchev–Trinajstić information content (AvgIpc) is 2.26. The van der Waals surface area contributed by atoms with Gasteiger partial charge in [0.2, 0.25) is 10.0 Å². The van der Waals surface area contributed by atoms with Gasteiger partial charge in [0.25, 0.3) is 0 Å². The SMILES string of the molecule is CCN(CC(C)C)S(=O)(=O)CC1CCCCN1. The minimum absolute atomic E-state index is 0.148. The fourth-order valence-electron chi connectivity index (χ4n) is 2.27. The van der Waals surface area contributed by atoms with Crippen LogP contribution in [0.1, 0.15) is 40.0 Å². The molecule has 0 aliphatic carbocycles. The summed E-state index contributed by atoms with van der Waals surface area (Å²) in [5, 5.41) is 3.30. The summed E-state index contributed by atoms with van der Waals surface area (Å²) in [7, 11) is -3.10. The molecule has 1 rings (SSSR count). The van der Waals surface area contributed by atoms with Crippen molar-refractivity contribution in [2.24, 2.45) is 5.92 Å². The van der Waals surface area contributed by atoms with E-state index < -0.39 is 10.0 Å². The Morgan fingerprint density at radius 2 is 2.06 bits per heavy atom. The lowest BCUT2D eigenvalue weighted by Gasteiger charge is -2.28. The van der Waals surface area contributed by atoms with Crippen LogP contribution in [-0.4, -0.2) is 44.2 Å². The topological polar surface area (TPSA) is 49.4 Å². The van der Waals surface area contributed by atoms with E-state index in [4.69, 9.17) is 0 Å². The Balaban J connectivity index is 2.58. The first-order valence-corrected chi connectivity index (χ1v) is 8.27. The van der Waals surface area contributed by atoms with Crippen molar-refractivity contribution in [2.75, 3.05) is 25.4 Å². The van der Waals surface area contributed by atoms with Crippen LogP contribution < -0.4 is 5.32 Å². The van der Waals surface area contributed by atoms with Crippen LogP contribution >= 0.6 is 0 Å². The molecule has 1 aliphatic rings. The summed E-state index contributed by atoms with van der Waals surface area (Å²) in [6, 6.07) is 0.148. The van der Waals surface area contributed by atoms with E-state index in [-0.39, 0.29) is 11.8 Å². The van der Waals surface area contributed by atoms with Crippen molar-refractivity contribution in [3.8, 4) is 0 Å². The van der Waals surface area contributed by atoms with Crippen LogP contribution in [-0.2, 0) is 10.0 Å². The highest BCUT2D eigenvalue weighted by Gasteiger charge is 2.26. The molecule has 1 saturated heterocycles. The van der Waals surface area contributed by atoms with Gasteiger partial charge in [0.15, 0.2) is 0 Å². The Labute approximate surface area is 106 Å². The third kappa shape index (κ3) is 4.94. The number of sulfonamides is 1. The van der Waals surface area contributed by atoms with Crippen LogP contribution in [0.5, 0.6) is 0 Å². The molecule has 1 atom stereocenters. The zero-order valence-electron chi connectivity index (χ0n) is 11.3. The monoisotopic (exact) mass is 262 g/mol. The molecule has 1 fully saturated rings. The Morgan fingerprint density at radius 1 is 1.35 bits per heavy atom. The summed E-state index contributed by atoms with van der Waals surface area (Å²) in [4.78, 5) is 0. The predicted molar refractivity (Wildman–Crippen MR) is 71.5 cm³/mol. The smallest absolute Gasteiger partial charge is 0.215 e. The van der Waals surface area contributed by atoms with Crippen molar-refractivity contribution in [3.05, 3.63) is 0 Å². The molecule has 102 valence electrons. The first-order valence-electron chi connectivity index (χ1n) is 6.67. The Morgan fingerprint density at radius 3 is 2.53 bits per heavy atom. The van der Waals surface area contributed by atoms with E-state index in [1.807, 2.05) is 6.92 Å². The molecule has 0 aromatic carbocycles. The first-order chi connectivity index (χ1) is 7.95. The molecule has 0 amide bonds. The zero-order valence-corrected chi connectivity index (χ0v) is 12.1. The highest BCUT2D eigenvalue weighted by atomic mass is 32.2. The van der Waals surface area contributed by atoms with Crippen molar-refractivity contribution in [1.29, 1.82) is 0 Å². The molecule has 1 unspecified atom stereocenters. The molecular formula is C12H26N2O2S. The molecule has 1 heterocycles. The highest BCUT2D eigenvalue weighted by Crippen LogP contribution is 2.13. The molecular weight excluding hydrogens is 236 g/mol. The van der Waals surface area contributed by atoms with E-state index in [0.717, 1.165) is 19.4 Å². The van der Waals surface area contributed by atoms with E-state index in [1.165, 1.54) is 6.42 Å². The minimum atomic E-state index is -3.10. The lowest BCUT2D eigenvalue weighted by atomic mass is 10.1. The van der Waals surface area contributed by atoms with Gasteiger partial charge in [-0.1, -0.05) is 27.2 Å². The molecule has 0 aromatic heterocycles. The van der Waals surface area contributed by atoms with Gasteiger partial charge in [-0.25, -0.2) is 12.7 Å². The number of nitrogens with zero attached hydrogens (tertiary/aromatic N) is 1. The second-order valence-electron chi connectivity index (χ2n) is 5.27. The van der Waals surface area contributed by atoms with Crippen LogP contribution in [0.2, 0.25) is 0 Å². The maximum atomic E-state index is 12.3. The molecule has 0 spiro atoms. The normalized spacial score (nSPS) is 22.3. The molecule has 0 aromatic rings. The summed E-state index contributed by atoms with van der Waals surface area (Å²) in [6.45, 7) is 8.18. The van der Waals surface area contributed by atoms with Gasteiger partial charge in [0.1, 0.15) is 0 Å². The highest BCUT2D eigenvalue weighted by molar-refractivity contribution is 7.89. The van der Waals surface area contributed by atoms with Gasteiger partial charge >= 0.3 is 0 Å². The molecule has 1 aliphatic heterocycles. The third-order valence-electron chi connectivity index (χ3n) is 3.14. The molecule has 5 heteroatoms. The Hall–Kier alpha value is -0.130. The van der Waals surface area contributed by atoms with Crippen molar-refractivity contribution in [1.82, 2.24) is 9.62 Å². The van der Waals surface area contributed by atoms with Crippen molar-refractivity contribution in [2.45, 2.75) is 46.1 Å². The number of hydrogen-bond acceptors (Lipinski definition) is 3. The second-order valence-corrected chi connectivity index (χ2v) is 7.28. The molecule has 4 nitrogen and oxygen atoms in total. The van der Waals surface area contributed by atoms with Gasteiger partial charge in [-0.2, -0.15) is 0 Å². The van der Waals surface area contributed by atoms with E-state index in [1.54, 1.807) is 4.31 Å². The lowest BCUT2D eigenvalue weighted by molar-refractivity contribution is 0.368. The van der Waals surface area contributed by atoms with Crippen LogP contribution in [0.4, 0.5) is 0 Å². The lowest BCUT2D eigenvalue weighted by Crippen LogP contribution is -2.45. The fraction of sp³-hybridized carbons (Fsp3) is 1.00. The van der Waals surface area contributed by atoms with E-state index in [0.29, 0.717) is 19.0 Å². The maximum absolute atomic E-state index is 12.3. The first kappa shape index (κ1) is 14.9. The largest absolute Gasteiger partial charge is 0.313 e. The summed E-state index contributed by atoms with van der Waals surface area (Å²) < 4.78 is 26.1. The van der Waals surface area contributed by atoms with Crippen LogP contribution in [0, 0.1) is 5.92 Å². The number of piperidine rings is 1. The molecule has 0 radical (unpaired) electrons. The fourth-order valence-corrected chi connectivity index (χ4v) is 4.19. The predicted octanol–water partition coefficient (Wildman–Crippen LogP) is 1.44. The van der Waals surface area contributed by atoms with Gasteiger partial charge in [0, 0.05) is 19.1 Å². The summed E-state index contributed by atoms with van der Waals surface area (Å²) >= 11 is 0. The number of nitrogens with one attached hydrogen (secondary N) is 1. The Kier molecular flexibility index (Phi) is 5.89. The van der Waals surface area contributed by atoms with E-state index in [9.17, 15) is 8.42 Å². The van der Waals surface area contributed by atoms with Gasteiger partial charge in [-0.05, 0) is 25.3 Å². The average molecular weight is 262 g/mol. The zero-order chi connectivity index (χ0) is 12.9. The summed E-state index contributed by atoms with van der Waals surface area (Å²) in [5.41, 5.74) is 0. The van der Waals surface area contributed by atoms with E-state index in [2.05, 4.69) is 19.2 Å². The Bertz CT molecular complexity index is 308. The van der Waals surface area contributed by atoms with Gasteiger partial charge in [-0.3, -0.25) is 0 Å². The third-order valence-corrected chi connectivity index (χ3v) is 5.16. The molecule has 17 heavy (non-hydrogen) atoms. The maximum Gasteiger partial charge on any atom is 0.215 e. The molecule has 0 saturated carbocycles. The van der Waals surface area contributed by atoms with Crippen LogP contribution in [0.3, 0.4) is 0 Å². The molecule has 0 bridgehead atoms. The van der Waals surface area contributed by atoms with Crippen molar-refractivity contribution < 1.29 is 8.42 Å². The summed E-state index contributed by atoms with van der Waals surface area (Å²) in [6.07, 6.45) is 3.29. The second kappa shape index (κ2) is 6.71.